The van der Waals surface area contributed by atoms with Gasteiger partial charge in [-0.05, 0) is 110 Å². The Kier molecular flexibility index (Phi) is 13.7. The van der Waals surface area contributed by atoms with Gasteiger partial charge in [0.15, 0.2) is 11.5 Å². The number of fused-ring (bicyclic) bond motifs is 3. The third-order valence-corrected chi connectivity index (χ3v) is 13.8. The molecule has 1 amide bonds. The van der Waals surface area contributed by atoms with Crippen molar-refractivity contribution in [3.8, 4) is 23.0 Å². The van der Waals surface area contributed by atoms with Crippen LogP contribution in [0.3, 0.4) is 0 Å². The van der Waals surface area contributed by atoms with Gasteiger partial charge >= 0.3 is 0 Å². The standard InChI is InChI=1S/C50H60N4O11/c1-2-24-63-50-46(53(49(57)35-12-13-35)30-34-11-17-44-45(26-34)62-32-61-44)29-42(51-64-31-33-9-14-37(15-10-33)54(58)59)40-27-36(7-3-5-22-55)39(8-4-6-23-56)47(48(40)50)41-28-38(16-18-43(41)65-50)60-25-21-52-19-20-52/h2,9-11,14-18,26-28,35-36,39,46-48,55-56H,1,3-8,12-13,19-25,29-32H2. The molecule has 65 heavy (non-hydrogen) atoms. The summed E-state index contributed by atoms with van der Waals surface area (Å²) in [6.07, 6.45) is 10.4. The summed E-state index contributed by atoms with van der Waals surface area (Å²) in [6.45, 7) is 8.39. The quantitative estimate of drug-likeness (QED) is 0.0321. The zero-order chi connectivity index (χ0) is 44.9. The zero-order valence-electron chi connectivity index (χ0n) is 36.9. The van der Waals surface area contributed by atoms with E-state index in [1.807, 2.05) is 35.2 Å². The molecule has 0 spiro atoms. The van der Waals surface area contributed by atoms with Gasteiger partial charge in [0.25, 0.3) is 5.69 Å². The summed E-state index contributed by atoms with van der Waals surface area (Å²) in [5.74, 6) is 0.547. The van der Waals surface area contributed by atoms with Crippen molar-refractivity contribution in [2.45, 2.75) is 88.7 Å². The van der Waals surface area contributed by atoms with Crippen molar-refractivity contribution in [3.05, 3.63) is 112 Å². The fourth-order valence-corrected chi connectivity index (χ4v) is 10.4. The molecular formula is C50H60N4O11. The van der Waals surface area contributed by atoms with Gasteiger partial charge in [0, 0.05) is 75.3 Å². The number of nitro groups is 1. The first-order valence-electron chi connectivity index (χ1n) is 23.3. The second-order valence-corrected chi connectivity index (χ2v) is 18.1. The summed E-state index contributed by atoms with van der Waals surface area (Å²) in [4.78, 5) is 36.4. The van der Waals surface area contributed by atoms with E-state index in [4.69, 9.17) is 33.7 Å². The minimum Gasteiger partial charge on any atom is -0.492 e. The van der Waals surface area contributed by atoms with Crippen LogP contribution in [0.25, 0.3) is 0 Å². The van der Waals surface area contributed by atoms with E-state index in [0.717, 1.165) is 80.6 Å². The van der Waals surface area contributed by atoms with Crippen molar-refractivity contribution >= 4 is 17.3 Å². The number of unbranched alkanes of at least 4 members (excludes halogenated alkanes) is 2. The molecule has 2 saturated carbocycles. The number of benzene rings is 3. The molecule has 346 valence electrons. The van der Waals surface area contributed by atoms with Crippen molar-refractivity contribution in [2.75, 3.05) is 52.9 Å². The van der Waals surface area contributed by atoms with Gasteiger partial charge in [0.2, 0.25) is 18.5 Å². The monoisotopic (exact) mass is 892 g/mol. The highest BCUT2D eigenvalue weighted by molar-refractivity contribution is 6.03. The Labute approximate surface area is 379 Å². The Bertz CT molecular complexity index is 2260. The average Bonchev–Trinajstić information content (AvgIpc) is 4.27. The predicted octanol–water partition coefficient (Wildman–Crippen LogP) is 7.29. The van der Waals surface area contributed by atoms with E-state index < -0.39 is 22.7 Å². The van der Waals surface area contributed by atoms with Gasteiger partial charge in [-0.15, -0.1) is 6.58 Å². The van der Waals surface area contributed by atoms with Crippen molar-refractivity contribution < 1.29 is 48.5 Å². The summed E-state index contributed by atoms with van der Waals surface area (Å²) in [6, 6.07) is 17.4. The van der Waals surface area contributed by atoms with Crippen LogP contribution >= 0.6 is 0 Å². The van der Waals surface area contributed by atoms with Crippen molar-refractivity contribution in [1.82, 2.24) is 9.80 Å². The molecule has 1 saturated heterocycles. The number of allylic oxidation sites excluding steroid dienone is 1. The first-order valence-corrected chi connectivity index (χ1v) is 23.3. The van der Waals surface area contributed by atoms with E-state index >= 15 is 0 Å². The zero-order valence-corrected chi connectivity index (χ0v) is 36.9. The van der Waals surface area contributed by atoms with Crippen molar-refractivity contribution in [3.63, 3.8) is 0 Å². The van der Waals surface area contributed by atoms with E-state index in [2.05, 4.69) is 23.6 Å². The summed E-state index contributed by atoms with van der Waals surface area (Å²) in [5, 5.41) is 36.3. The van der Waals surface area contributed by atoms with Gasteiger partial charge in [0.1, 0.15) is 30.8 Å². The first-order chi connectivity index (χ1) is 31.8. The van der Waals surface area contributed by atoms with Crippen LogP contribution in [0, 0.1) is 33.8 Å². The Morgan fingerprint density at radius 3 is 2.46 bits per heavy atom. The number of non-ortho nitro benzene ring substituents is 1. The van der Waals surface area contributed by atoms with Crippen LogP contribution in [0.1, 0.15) is 80.4 Å². The number of nitro benzene ring substituents is 1. The summed E-state index contributed by atoms with van der Waals surface area (Å²) in [5.41, 5.74) is 4.15. The molecule has 6 unspecified atom stereocenters. The molecule has 15 heteroatoms. The van der Waals surface area contributed by atoms with Crippen LogP contribution in [0.2, 0.25) is 0 Å². The van der Waals surface area contributed by atoms with E-state index in [9.17, 15) is 25.1 Å². The first kappa shape index (κ1) is 44.7. The highest BCUT2D eigenvalue weighted by Gasteiger charge is 2.66. The Morgan fingerprint density at radius 1 is 0.969 bits per heavy atom. The smallest absolute Gasteiger partial charge is 0.269 e. The number of carbonyl (C=O) groups excluding carboxylic acids is 1. The highest BCUT2D eigenvalue weighted by Crippen LogP contribution is 2.62. The number of oxime groups is 1. The third kappa shape index (κ3) is 9.74. The minimum atomic E-state index is -1.41. The fraction of sp³-hybridized carbons (Fsp3) is 0.520. The van der Waals surface area contributed by atoms with Crippen molar-refractivity contribution in [2.24, 2.45) is 28.8 Å². The lowest BCUT2D eigenvalue weighted by Crippen LogP contribution is -2.70. The number of hydrogen-bond acceptors (Lipinski definition) is 13. The number of rotatable bonds is 23. The lowest BCUT2D eigenvalue weighted by molar-refractivity contribution is -0.384. The maximum Gasteiger partial charge on any atom is 0.269 e. The van der Waals surface area contributed by atoms with E-state index in [0.29, 0.717) is 48.0 Å². The number of aliphatic hydroxyl groups excluding tert-OH is 2. The van der Waals surface area contributed by atoms with E-state index in [-0.39, 0.29) is 81.5 Å². The Balaban J connectivity index is 1.20. The number of amides is 1. The lowest BCUT2D eigenvalue weighted by atomic mass is 9.55. The largest absolute Gasteiger partial charge is 0.492 e. The minimum absolute atomic E-state index is 0.00565. The number of nitrogens with zero attached hydrogens (tertiary/aromatic N) is 4. The Morgan fingerprint density at radius 2 is 1.72 bits per heavy atom. The average molecular weight is 893 g/mol. The van der Waals surface area contributed by atoms with Gasteiger partial charge in [-0.25, -0.2) is 0 Å². The molecule has 9 rings (SSSR count). The molecule has 0 bridgehead atoms. The predicted molar refractivity (Wildman–Crippen MR) is 241 cm³/mol. The molecule has 2 N–H and O–H groups in total. The van der Waals surface area contributed by atoms with E-state index in [1.54, 1.807) is 18.2 Å². The molecule has 3 fully saturated rings. The third-order valence-electron chi connectivity index (χ3n) is 13.8. The molecule has 6 atom stereocenters. The lowest BCUT2D eigenvalue weighted by Gasteiger charge is -2.60. The van der Waals surface area contributed by atoms with Crippen LogP contribution in [-0.4, -0.2) is 101 Å². The van der Waals surface area contributed by atoms with Crippen LogP contribution in [0.4, 0.5) is 5.69 Å². The molecule has 0 aromatic heterocycles. The van der Waals surface area contributed by atoms with E-state index in [1.165, 1.54) is 12.1 Å². The Hall–Kier alpha value is -5.48. The van der Waals surface area contributed by atoms with Gasteiger partial charge in [-0.3, -0.25) is 19.8 Å². The normalized spacial score (nSPS) is 25.5. The molecule has 3 aromatic rings. The number of aliphatic hydroxyl groups is 2. The van der Waals surface area contributed by atoms with Gasteiger partial charge in [0.05, 0.1) is 23.2 Å². The fourth-order valence-electron chi connectivity index (χ4n) is 10.4. The number of ether oxygens (including phenoxy) is 5. The summed E-state index contributed by atoms with van der Waals surface area (Å²) < 4.78 is 32.5. The summed E-state index contributed by atoms with van der Waals surface area (Å²) in [7, 11) is 0. The number of carbonyl (C=O) groups is 1. The molecule has 3 aliphatic carbocycles. The summed E-state index contributed by atoms with van der Waals surface area (Å²) >= 11 is 0. The SMILES string of the molecule is C=CCOC12Oc3ccc(OCCN4CC4)cc3C3C(CCCCO)C(CCCCO)C=C(C(=NOCc4ccc([N+](=O)[O-])cc4)CC1N(Cc1ccc4c(c1)OCO4)C(=O)C1CC1)C32. The molecule has 3 heterocycles. The molecular weight excluding hydrogens is 833 g/mol. The molecule has 6 aliphatic rings. The topological polar surface area (TPSA) is 175 Å². The molecule has 3 aliphatic heterocycles. The van der Waals surface area contributed by atoms with Crippen LogP contribution in [0.15, 0.2) is 90.1 Å². The molecule has 0 radical (unpaired) electrons. The van der Waals surface area contributed by atoms with Crippen molar-refractivity contribution in [1.29, 1.82) is 0 Å². The van der Waals surface area contributed by atoms with Gasteiger partial charge in [-0.1, -0.05) is 36.2 Å². The van der Waals surface area contributed by atoms with Crippen LogP contribution in [0.5, 0.6) is 23.0 Å². The van der Waals surface area contributed by atoms with Crippen LogP contribution < -0.4 is 18.9 Å². The highest BCUT2D eigenvalue weighted by atomic mass is 16.7. The van der Waals surface area contributed by atoms with Gasteiger partial charge < -0.3 is 43.6 Å². The number of hydrogen-bond donors (Lipinski definition) is 2. The molecule has 3 aromatic carbocycles. The van der Waals surface area contributed by atoms with Crippen LogP contribution in [-0.2, 0) is 27.5 Å². The van der Waals surface area contributed by atoms with Gasteiger partial charge in [-0.2, -0.15) is 0 Å². The maximum atomic E-state index is 15.0. The molecule has 15 nitrogen and oxygen atoms in total. The second-order valence-electron chi connectivity index (χ2n) is 18.1. The maximum absolute atomic E-state index is 15.0. The second kappa shape index (κ2) is 19.9.